The number of halogens is 1. The molecule has 0 saturated heterocycles. The second kappa shape index (κ2) is 6.30. The Kier molecular flexibility index (Phi) is 3.98. The number of benzene rings is 1. The largest absolute Gasteiger partial charge is 0.265 e. The Morgan fingerprint density at radius 1 is 1.04 bits per heavy atom. The average molecular weight is 349 g/mol. The van der Waals surface area contributed by atoms with Crippen molar-refractivity contribution in [1.82, 2.24) is 19.6 Å². The second-order valence-electron chi connectivity index (χ2n) is 6.10. The van der Waals surface area contributed by atoms with E-state index in [2.05, 4.69) is 41.3 Å². The molecule has 3 heterocycles. The van der Waals surface area contributed by atoms with Gasteiger partial charge in [0.15, 0.2) is 5.65 Å². The molecule has 0 bridgehead atoms. The van der Waals surface area contributed by atoms with E-state index < -0.39 is 0 Å². The molecule has 4 nitrogen and oxygen atoms in total. The summed E-state index contributed by atoms with van der Waals surface area (Å²) in [5.41, 5.74) is 7.20. The molecular formula is C20H17ClN4. The molecule has 0 aliphatic rings. The van der Waals surface area contributed by atoms with Crippen LogP contribution < -0.4 is 0 Å². The Balaban J connectivity index is 1.88. The molecule has 4 rings (SSSR count). The normalized spacial score (nSPS) is 11.2. The topological polar surface area (TPSA) is 43.1 Å². The van der Waals surface area contributed by atoms with Crippen LogP contribution in [0.5, 0.6) is 0 Å². The van der Waals surface area contributed by atoms with Crippen molar-refractivity contribution in [3.05, 3.63) is 82.4 Å². The van der Waals surface area contributed by atoms with Crippen molar-refractivity contribution in [2.75, 3.05) is 0 Å². The van der Waals surface area contributed by atoms with Crippen molar-refractivity contribution in [2.24, 2.45) is 0 Å². The summed E-state index contributed by atoms with van der Waals surface area (Å²) in [6.07, 6.45) is 4.29. The van der Waals surface area contributed by atoms with Gasteiger partial charge in [0.1, 0.15) is 5.15 Å². The van der Waals surface area contributed by atoms with E-state index in [9.17, 15) is 0 Å². The van der Waals surface area contributed by atoms with Gasteiger partial charge in [-0.25, -0.2) is 9.50 Å². The lowest BCUT2D eigenvalue weighted by molar-refractivity contribution is 0.918. The van der Waals surface area contributed by atoms with Gasteiger partial charge in [-0.05, 0) is 37.1 Å². The molecular weight excluding hydrogens is 332 g/mol. The number of rotatable bonds is 3. The predicted octanol–water partition coefficient (Wildman–Crippen LogP) is 4.65. The standard InChI is InChI=1S/C20H17ClN4/c1-13-5-3-4-6-16(13)11-17-14(2)24-25-19(21)12-18(23-20(17)25)15-7-9-22-10-8-15/h3-10,12H,11H2,1-2H3. The fraction of sp³-hybridized carbons (Fsp3) is 0.150. The Labute approximate surface area is 151 Å². The van der Waals surface area contributed by atoms with Crippen molar-refractivity contribution in [2.45, 2.75) is 20.3 Å². The number of aromatic nitrogens is 4. The maximum absolute atomic E-state index is 6.48. The summed E-state index contributed by atoms with van der Waals surface area (Å²) in [6, 6.07) is 14.1. The van der Waals surface area contributed by atoms with Gasteiger partial charge in [0.25, 0.3) is 0 Å². The molecule has 0 radical (unpaired) electrons. The Morgan fingerprint density at radius 2 is 1.80 bits per heavy atom. The number of aryl methyl sites for hydroxylation is 2. The van der Waals surface area contributed by atoms with Gasteiger partial charge in [0.05, 0.1) is 11.4 Å². The molecule has 0 N–H and O–H groups in total. The van der Waals surface area contributed by atoms with Crippen LogP contribution in [0.2, 0.25) is 5.15 Å². The Bertz CT molecular complexity index is 1050. The van der Waals surface area contributed by atoms with Gasteiger partial charge < -0.3 is 0 Å². The second-order valence-corrected chi connectivity index (χ2v) is 6.49. The summed E-state index contributed by atoms with van der Waals surface area (Å²) < 4.78 is 1.72. The highest BCUT2D eigenvalue weighted by Gasteiger charge is 2.16. The van der Waals surface area contributed by atoms with Crippen LogP contribution in [0, 0.1) is 13.8 Å². The van der Waals surface area contributed by atoms with Crippen molar-refractivity contribution in [3.8, 4) is 11.3 Å². The molecule has 1 aromatic carbocycles. The third-order valence-electron chi connectivity index (χ3n) is 4.45. The maximum atomic E-state index is 6.48. The van der Waals surface area contributed by atoms with E-state index in [4.69, 9.17) is 16.6 Å². The minimum absolute atomic E-state index is 0.552. The molecule has 0 atom stereocenters. The molecule has 3 aromatic heterocycles. The molecule has 0 aliphatic carbocycles. The SMILES string of the molecule is Cc1ccccc1Cc1c(C)nn2c(Cl)cc(-c3ccncc3)nc12. The molecule has 0 spiro atoms. The van der Waals surface area contributed by atoms with Gasteiger partial charge in [-0.1, -0.05) is 35.9 Å². The van der Waals surface area contributed by atoms with Crippen molar-refractivity contribution >= 4 is 17.2 Å². The van der Waals surface area contributed by atoms with Crippen LogP contribution in [-0.2, 0) is 6.42 Å². The molecule has 0 fully saturated rings. The fourth-order valence-electron chi connectivity index (χ4n) is 3.01. The van der Waals surface area contributed by atoms with Crippen molar-refractivity contribution in [1.29, 1.82) is 0 Å². The lowest BCUT2D eigenvalue weighted by Crippen LogP contribution is -1.97. The summed E-state index contributed by atoms with van der Waals surface area (Å²) in [4.78, 5) is 8.91. The maximum Gasteiger partial charge on any atom is 0.161 e. The Morgan fingerprint density at radius 3 is 2.56 bits per heavy atom. The minimum atomic E-state index is 0.552. The quantitative estimate of drug-likeness (QED) is 0.506. The number of pyridine rings is 1. The number of hydrogen-bond donors (Lipinski definition) is 0. The van der Waals surface area contributed by atoms with Gasteiger partial charge in [-0.2, -0.15) is 5.10 Å². The smallest absolute Gasteiger partial charge is 0.161 e. The van der Waals surface area contributed by atoms with Gasteiger partial charge in [-0.3, -0.25) is 4.98 Å². The van der Waals surface area contributed by atoms with E-state index in [1.54, 1.807) is 16.9 Å². The van der Waals surface area contributed by atoms with E-state index in [1.807, 2.05) is 25.1 Å². The van der Waals surface area contributed by atoms with Crippen LogP contribution in [0.25, 0.3) is 16.9 Å². The zero-order chi connectivity index (χ0) is 17.4. The third kappa shape index (κ3) is 2.89. The highest BCUT2D eigenvalue weighted by Crippen LogP contribution is 2.26. The van der Waals surface area contributed by atoms with Crippen LogP contribution in [0.4, 0.5) is 0 Å². The summed E-state index contributed by atoms with van der Waals surface area (Å²) in [5, 5.41) is 5.13. The highest BCUT2D eigenvalue weighted by atomic mass is 35.5. The summed E-state index contributed by atoms with van der Waals surface area (Å²) in [7, 11) is 0. The molecule has 0 unspecified atom stereocenters. The molecule has 0 amide bonds. The van der Waals surface area contributed by atoms with Crippen molar-refractivity contribution < 1.29 is 0 Å². The first-order valence-corrected chi connectivity index (χ1v) is 8.51. The molecule has 4 aromatic rings. The molecule has 25 heavy (non-hydrogen) atoms. The van der Waals surface area contributed by atoms with E-state index >= 15 is 0 Å². The van der Waals surface area contributed by atoms with Gasteiger partial charge in [0.2, 0.25) is 0 Å². The van der Waals surface area contributed by atoms with Crippen LogP contribution in [0.15, 0.2) is 54.9 Å². The first kappa shape index (κ1) is 15.8. The zero-order valence-corrected chi connectivity index (χ0v) is 14.8. The highest BCUT2D eigenvalue weighted by molar-refractivity contribution is 6.30. The monoisotopic (exact) mass is 348 g/mol. The summed E-state index contributed by atoms with van der Waals surface area (Å²) in [6.45, 7) is 4.13. The summed E-state index contributed by atoms with van der Waals surface area (Å²) >= 11 is 6.48. The van der Waals surface area contributed by atoms with E-state index in [0.29, 0.717) is 5.15 Å². The number of nitrogens with zero attached hydrogens (tertiary/aromatic N) is 4. The van der Waals surface area contributed by atoms with Crippen LogP contribution in [-0.4, -0.2) is 19.6 Å². The molecule has 5 heteroatoms. The number of fused-ring (bicyclic) bond motifs is 1. The fourth-order valence-corrected chi connectivity index (χ4v) is 3.23. The number of hydrogen-bond acceptors (Lipinski definition) is 3. The van der Waals surface area contributed by atoms with Gasteiger partial charge in [-0.15, -0.1) is 0 Å². The van der Waals surface area contributed by atoms with Crippen LogP contribution >= 0.6 is 11.6 Å². The Hall–Kier alpha value is -2.72. The first-order valence-electron chi connectivity index (χ1n) is 8.13. The predicted molar refractivity (Wildman–Crippen MR) is 100.0 cm³/mol. The molecule has 0 aliphatic heterocycles. The minimum Gasteiger partial charge on any atom is -0.265 e. The molecule has 124 valence electrons. The average Bonchev–Trinajstić information content (AvgIpc) is 2.94. The van der Waals surface area contributed by atoms with Crippen molar-refractivity contribution in [3.63, 3.8) is 0 Å². The van der Waals surface area contributed by atoms with Gasteiger partial charge in [0, 0.05) is 36.0 Å². The van der Waals surface area contributed by atoms with E-state index in [-0.39, 0.29) is 0 Å². The van der Waals surface area contributed by atoms with E-state index in [1.165, 1.54) is 11.1 Å². The van der Waals surface area contributed by atoms with Gasteiger partial charge >= 0.3 is 0 Å². The third-order valence-corrected chi connectivity index (χ3v) is 4.72. The summed E-state index contributed by atoms with van der Waals surface area (Å²) in [5.74, 6) is 0. The van der Waals surface area contributed by atoms with Crippen LogP contribution in [0.1, 0.15) is 22.4 Å². The van der Waals surface area contributed by atoms with E-state index in [0.717, 1.165) is 34.6 Å². The van der Waals surface area contributed by atoms with Crippen LogP contribution in [0.3, 0.4) is 0 Å². The zero-order valence-electron chi connectivity index (χ0n) is 14.1. The lowest BCUT2D eigenvalue weighted by atomic mass is 10.0. The lowest BCUT2D eigenvalue weighted by Gasteiger charge is -2.07. The first-order chi connectivity index (χ1) is 12.1. The molecule has 0 saturated carbocycles.